The second-order valence-corrected chi connectivity index (χ2v) is 6.65. The summed E-state index contributed by atoms with van der Waals surface area (Å²) in [7, 11) is 0. The summed E-state index contributed by atoms with van der Waals surface area (Å²) in [5, 5.41) is 0. The molecule has 0 bridgehead atoms. The lowest BCUT2D eigenvalue weighted by atomic mass is 9.85. The maximum atomic E-state index is 13.0. The van der Waals surface area contributed by atoms with Crippen LogP contribution in [0.25, 0.3) is 0 Å². The molecule has 0 aromatic heterocycles. The van der Waals surface area contributed by atoms with E-state index in [0.717, 1.165) is 45.0 Å². The fraction of sp³-hybridized carbons (Fsp3) is 0.647. The molecule has 1 aromatic rings. The molecule has 2 fully saturated rings. The molecule has 4 heteroatoms. The van der Waals surface area contributed by atoms with Gasteiger partial charge in [0.15, 0.2) is 0 Å². The van der Waals surface area contributed by atoms with Crippen molar-refractivity contribution in [3.63, 3.8) is 0 Å². The normalized spacial score (nSPS) is 22.7. The lowest BCUT2D eigenvalue weighted by Crippen LogP contribution is -2.50. The largest absolute Gasteiger partial charge is 0.369 e. The molecule has 116 valence electrons. The standard InChI is InChI=1S/C17H26FN3/c18-15-3-5-16(6-4-15)21-11-9-20(10-12-21)14-17(13-19)7-1-2-8-17/h3-6H,1-2,7-14,19H2. The average molecular weight is 291 g/mol. The van der Waals surface area contributed by atoms with E-state index in [1.165, 1.54) is 25.7 Å². The summed E-state index contributed by atoms with van der Waals surface area (Å²) < 4.78 is 13.0. The molecule has 1 aliphatic carbocycles. The van der Waals surface area contributed by atoms with Gasteiger partial charge in [0.2, 0.25) is 0 Å². The molecule has 1 heterocycles. The van der Waals surface area contributed by atoms with Gasteiger partial charge in [0.05, 0.1) is 0 Å². The van der Waals surface area contributed by atoms with Crippen LogP contribution in [0.4, 0.5) is 10.1 Å². The monoisotopic (exact) mass is 291 g/mol. The van der Waals surface area contributed by atoms with Crippen molar-refractivity contribution >= 4 is 5.69 Å². The molecule has 2 aliphatic rings. The number of nitrogens with zero attached hydrogens (tertiary/aromatic N) is 2. The van der Waals surface area contributed by atoms with Crippen molar-refractivity contribution in [2.75, 3.05) is 44.2 Å². The van der Waals surface area contributed by atoms with E-state index < -0.39 is 0 Å². The molecule has 3 rings (SSSR count). The Labute approximate surface area is 126 Å². The molecule has 0 spiro atoms. The van der Waals surface area contributed by atoms with Gasteiger partial charge in [-0.25, -0.2) is 4.39 Å². The van der Waals surface area contributed by atoms with Gasteiger partial charge < -0.3 is 10.6 Å². The number of nitrogens with two attached hydrogens (primary N) is 1. The van der Waals surface area contributed by atoms with Gasteiger partial charge in [-0.05, 0) is 49.1 Å². The second-order valence-electron chi connectivity index (χ2n) is 6.65. The zero-order chi connectivity index (χ0) is 14.7. The quantitative estimate of drug-likeness (QED) is 0.925. The Morgan fingerprint density at radius 1 is 1.00 bits per heavy atom. The molecule has 3 nitrogen and oxygen atoms in total. The summed E-state index contributed by atoms with van der Waals surface area (Å²) in [6.07, 6.45) is 5.27. The molecule has 1 saturated carbocycles. The molecule has 0 unspecified atom stereocenters. The first kappa shape index (κ1) is 14.8. The van der Waals surface area contributed by atoms with Gasteiger partial charge in [-0.3, -0.25) is 4.90 Å². The Hall–Kier alpha value is -1.13. The molecular formula is C17H26FN3. The second kappa shape index (κ2) is 6.32. The topological polar surface area (TPSA) is 32.5 Å². The number of hydrogen-bond donors (Lipinski definition) is 1. The highest BCUT2D eigenvalue weighted by atomic mass is 19.1. The fourth-order valence-electron chi connectivity index (χ4n) is 3.84. The number of hydrogen-bond acceptors (Lipinski definition) is 3. The number of rotatable bonds is 4. The molecular weight excluding hydrogens is 265 g/mol. The first-order valence-electron chi connectivity index (χ1n) is 8.14. The highest BCUT2D eigenvalue weighted by Crippen LogP contribution is 2.38. The molecule has 21 heavy (non-hydrogen) atoms. The Morgan fingerprint density at radius 2 is 1.62 bits per heavy atom. The van der Waals surface area contributed by atoms with Crippen molar-refractivity contribution in [1.29, 1.82) is 0 Å². The van der Waals surface area contributed by atoms with Crippen molar-refractivity contribution in [3.8, 4) is 0 Å². The summed E-state index contributed by atoms with van der Waals surface area (Å²) in [6.45, 7) is 6.18. The van der Waals surface area contributed by atoms with Crippen LogP contribution in [0, 0.1) is 11.2 Å². The lowest BCUT2D eigenvalue weighted by molar-refractivity contribution is 0.151. The first-order chi connectivity index (χ1) is 10.2. The maximum Gasteiger partial charge on any atom is 0.123 e. The molecule has 1 aromatic carbocycles. The Morgan fingerprint density at radius 3 is 2.19 bits per heavy atom. The van der Waals surface area contributed by atoms with Crippen molar-refractivity contribution in [2.45, 2.75) is 25.7 Å². The van der Waals surface area contributed by atoms with Crippen LogP contribution in [0.5, 0.6) is 0 Å². The van der Waals surface area contributed by atoms with E-state index >= 15 is 0 Å². The van der Waals surface area contributed by atoms with Crippen LogP contribution in [0.1, 0.15) is 25.7 Å². The molecule has 1 saturated heterocycles. The minimum atomic E-state index is -0.163. The third kappa shape index (κ3) is 3.38. The summed E-state index contributed by atoms with van der Waals surface area (Å²) in [5.41, 5.74) is 7.55. The number of benzene rings is 1. The minimum absolute atomic E-state index is 0.163. The highest BCUT2D eigenvalue weighted by Gasteiger charge is 2.34. The summed E-state index contributed by atoms with van der Waals surface area (Å²) in [5.74, 6) is -0.163. The zero-order valence-corrected chi connectivity index (χ0v) is 12.7. The third-order valence-corrected chi connectivity index (χ3v) is 5.22. The van der Waals surface area contributed by atoms with Crippen molar-refractivity contribution in [1.82, 2.24) is 4.90 Å². The Bertz CT molecular complexity index is 446. The van der Waals surface area contributed by atoms with Crippen molar-refractivity contribution < 1.29 is 4.39 Å². The number of anilines is 1. The highest BCUT2D eigenvalue weighted by molar-refractivity contribution is 5.46. The van der Waals surface area contributed by atoms with E-state index in [4.69, 9.17) is 5.73 Å². The molecule has 0 atom stereocenters. The molecule has 2 N–H and O–H groups in total. The van der Waals surface area contributed by atoms with Gasteiger partial charge in [-0.2, -0.15) is 0 Å². The maximum absolute atomic E-state index is 13.0. The Balaban J connectivity index is 1.54. The van der Waals surface area contributed by atoms with Crippen LogP contribution < -0.4 is 10.6 Å². The summed E-state index contributed by atoms with van der Waals surface area (Å²) in [4.78, 5) is 4.91. The van der Waals surface area contributed by atoms with Gasteiger partial charge in [0.25, 0.3) is 0 Å². The smallest absolute Gasteiger partial charge is 0.123 e. The van der Waals surface area contributed by atoms with Crippen LogP contribution in [0.15, 0.2) is 24.3 Å². The third-order valence-electron chi connectivity index (χ3n) is 5.22. The van der Waals surface area contributed by atoms with Crippen LogP contribution in [0.3, 0.4) is 0 Å². The van der Waals surface area contributed by atoms with E-state index in [-0.39, 0.29) is 5.82 Å². The predicted molar refractivity (Wildman–Crippen MR) is 85.0 cm³/mol. The van der Waals surface area contributed by atoms with Crippen LogP contribution in [-0.4, -0.2) is 44.2 Å². The number of piperazine rings is 1. The summed E-state index contributed by atoms with van der Waals surface area (Å²) >= 11 is 0. The van der Waals surface area contributed by atoms with Gasteiger partial charge in [0.1, 0.15) is 5.82 Å². The fourth-order valence-corrected chi connectivity index (χ4v) is 3.84. The van der Waals surface area contributed by atoms with Crippen LogP contribution >= 0.6 is 0 Å². The van der Waals surface area contributed by atoms with Gasteiger partial charge in [0, 0.05) is 38.4 Å². The van der Waals surface area contributed by atoms with Gasteiger partial charge in [-0.1, -0.05) is 12.8 Å². The van der Waals surface area contributed by atoms with E-state index in [1.54, 1.807) is 12.1 Å². The first-order valence-corrected chi connectivity index (χ1v) is 8.14. The Kier molecular flexibility index (Phi) is 4.45. The van der Waals surface area contributed by atoms with Crippen molar-refractivity contribution in [3.05, 3.63) is 30.1 Å². The van der Waals surface area contributed by atoms with Crippen LogP contribution in [0.2, 0.25) is 0 Å². The van der Waals surface area contributed by atoms with E-state index in [2.05, 4.69) is 9.80 Å². The van der Waals surface area contributed by atoms with E-state index in [1.807, 2.05) is 12.1 Å². The van der Waals surface area contributed by atoms with Gasteiger partial charge in [-0.15, -0.1) is 0 Å². The zero-order valence-electron chi connectivity index (χ0n) is 12.7. The van der Waals surface area contributed by atoms with Crippen molar-refractivity contribution in [2.24, 2.45) is 11.1 Å². The van der Waals surface area contributed by atoms with E-state index in [9.17, 15) is 4.39 Å². The predicted octanol–water partition coefficient (Wildman–Crippen LogP) is 2.47. The van der Waals surface area contributed by atoms with Gasteiger partial charge >= 0.3 is 0 Å². The SMILES string of the molecule is NCC1(CN2CCN(c3ccc(F)cc3)CC2)CCCC1. The average Bonchev–Trinajstić information content (AvgIpc) is 2.98. The lowest BCUT2D eigenvalue weighted by Gasteiger charge is -2.40. The molecule has 0 radical (unpaired) electrons. The summed E-state index contributed by atoms with van der Waals surface area (Å²) in [6, 6.07) is 6.85. The minimum Gasteiger partial charge on any atom is -0.369 e. The molecule has 0 amide bonds. The van der Waals surface area contributed by atoms with Crippen LogP contribution in [-0.2, 0) is 0 Å². The number of halogens is 1. The molecule has 1 aliphatic heterocycles. The van der Waals surface area contributed by atoms with E-state index in [0.29, 0.717) is 5.41 Å².